The van der Waals surface area contributed by atoms with Crippen LogP contribution in [0.4, 0.5) is 0 Å². The van der Waals surface area contributed by atoms with Crippen molar-refractivity contribution in [3.63, 3.8) is 0 Å². The van der Waals surface area contributed by atoms with Gasteiger partial charge in [0.1, 0.15) is 10.9 Å². The van der Waals surface area contributed by atoms with Crippen molar-refractivity contribution in [2.24, 2.45) is 0 Å². The van der Waals surface area contributed by atoms with Crippen LogP contribution in [0.15, 0.2) is 34.8 Å². The van der Waals surface area contributed by atoms with Crippen LogP contribution in [-0.2, 0) is 4.79 Å². The van der Waals surface area contributed by atoms with E-state index in [1.807, 2.05) is 37.3 Å². The number of thiocarbonyl (C=S) groups is 1. The molecule has 0 N–H and O–H groups in total. The maximum Gasteiger partial charge on any atom is 0.266 e. The first kappa shape index (κ1) is 16.1. The molecule has 2 heterocycles. The number of ether oxygens (including phenoxy) is 2. The van der Waals surface area contributed by atoms with Gasteiger partial charge in [-0.15, -0.1) is 0 Å². The zero-order valence-electron chi connectivity index (χ0n) is 13.0. The van der Waals surface area contributed by atoms with Gasteiger partial charge in [-0.2, -0.15) is 0 Å². The standard InChI is InChI=1S/C17H17NO3S2/c1-3-7-18-16(19)14(23-17(18)22)9-11-8-12-5-4-6-13(20-2)15(12)21-10-11/h4-6,8-9H,3,7,10H2,1-2H3. The fourth-order valence-electron chi connectivity index (χ4n) is 2.53. The summed E-state index contributed by atoms with van der Waals surface area (Å²) in [7, 11) is 1.62. The van der Waals surface area contributed by atoms with Gasteiger partial charge in [-0.1, -0.05) is 43.0 Å². The Kier molecular flexibility index (Phi) is 4.73. The van der Waals surface area contributed by atoms with E-state index < -0.39 is 0 Å². The molecule has 0 spiro atoms. The highest BCUT2D eigenvalue weighted by molar-refractivity contribution is 8.26. The van der Waals surface area contributed by atoms with Gasteiger partial charge in [0, 0.05) is 12.1 Å². The van der Waals surface area contributed by atoms with Gasteiger partial charge in [-0.3, -0.25) is 9.69 Å². The van der Waals surface area contributed by atoms with Crippen molar-refractivity contribution in [1.82, 2.24) is 4.90 Å². The smallest absolute Gasteiger partial charge is 0.266 e. The van der Waals surface area contributed by atoms with Crippen LogP contribution in [0.25, 0.3) is 6.08 Å². The van der Waals surface area contributed by atoms with E-state index in [1.165, 1.54) is 11.8 Å². The summed E-state index contributed by atoms with van der Waals surface area (Å²) in [5.41, 5.74) is 1.90. The van der Waals surface area contributed by atoms with Crippen molar-refractivity contribution in [3.05, 3.63) is 40.3 Å². The minimum absolute atomic E-state index is 0.0146. The highest BCUT2D eigenvalue weighted by Gasteiger charge is 2.31. The molecule has 0 unspecified atom stereocenters. The minimum atomic E-state index is -0.0146. The zero-order chi connectivity index (χ0) is 16.4. The number of carbonyl (C=O) groups is 1. The van der Waals surface area contributed by atoms with E-state index in [2.05, 4.69) is 0 Å². The number of carbonyl (C=O) groups excluding carboxylic acids is 1. The van der Waals surface area contributed by atoms with Crippen LogP contribution < -0.4 is 9.47 Å². The summed E-state index contributed by atoms with van der Waals surface area (Å²) in [6, 6.07) is 5.75. The first-order valence-corrected chi connectivity index (χ1v) is 8.62. The van der Waals surface area contributed by atoms with Crippen molar-refractivity contribution < 1.29 is 14.3 Å². The molecule has 1 amide bonds. The lowest BCUT2D eigenvalue weighted by atomic mass is 10.1. The van der Waals surface area contributed by atoms with E-state index in [0.29, 0.717) is 28.1 Å². The molecule has 0 radical (unpaired) electrons. The predicted octanol–water partition coefficient (Wildman–Crippen LogP) is 3.63. The number of hydrogen-bond donors (Lipinski definition) is 0. The molecule has 3 rings (SSSR count). The minimum Gasteiger partial charge on any atom is -0.493 e. The third kappa shape index (κ3) is 3.14. The first-order chi connectivity index (χ1) is 11.1. The second kappa shape index (κ2) is 6.76. The van der Waals surface area contributed by atoms with Gasteiger partial charge in [0.05, 0.1) is 12.0 Å². The summed E-state index contributed by atoms with van der Waals surface area (Å²) in [5, 5.41) is 0. The van der Waals surface area contributed by atoms with E-state index >= 15 is 0 Å². The zero-order valence-corrected chi connectivity index (χ0v) is 14.6. The van der Waals surface area contributed by atoms with E-state index in [9.17, 15) is 4.79 Å². The van der Waals surface area contributed by atoms with Crippen LogP contribution in [0.5, 0.6) is 11.5 Å². The molecule has 0 atom stereocenters. The summed E-state index contributed by atoms with van der Waals surface area (Å²) in [5.74, 6) is 1.44. The van der Waals surface area contributed by atoms with Crippen molar-refractivity contribution >= 4 is 40.3 Å². The Morgan fingerprint density at radius 1 is 1.48 bits per heavy atom. The van der Waals surface area contributed by atoms with Crippen molar-refractivity contribution in [2.45, 2.75) is 13.3 Å². The molecule has 4 nitrogen and oxygen atoms in total. The fourth-order valence-corrected chi connectivity index (χ4v) is 3.85. The van der Waals surface area contributed by atoms with Gasteiger partial charge in [0.25, 0.3) is 5.91 Å². The molecule has 1 aromatic rings. The lowest BCUT2D eigenvalue weighted by Gasteiger charge is -2.18. The monoisotopic (exact) mass is 347 g/mol. The number of fused-ring (bicyclic) bond motifs is 1. The molecule has 2 aliphatic rings. The number of rotatable bonds is 4. The highest BCUT2D eigenvalue weighted by atomic mass is 32.2. The summed E-state index contributed by atoms with van der Waals surface area (Å²) >= 11 is 6.64. The number of methoxy groups -OCH3 is 1. The number of benzene rings is 1. The first-order valence-electron chi connectivity index (χ1n) is 7.39. The quantitative estimate of drug-likeness (QED) is 0.614. The van der Waals surface area contributed by atoms with Crippen LogP contribution in [-0.4, -0.2) is 35.4 Å². The lowest BCUT2D eigenvalue weighted by Crippen LogP contribution is -2.28. The Hall–Kier alpha value is -1.79. The molecule has 0 saturated carbocycles. The third-order valence-corrected chi connectivity index (χ3v) is 4.97. The molecule has 1 fully saturated rings. The molecule has 2 aliphatic heterocycles. The molecule has 120 valence electrons. The van der Waals surface area contributed by atoms with E-state index in [-0.39, 0.29) is 5.91 Å². The number of thioether (sulfide) groups is 1. The lowest BCUT2D eigenvalue weighted by molar-refractivity contribution is -0.122. The van der Waals surface area contributed by atoms with E-state index in [1.54, 1.807) is 12.0 Å². The molecule has 0 aromatic heterocycles. The summed E-state index contributed by atoms with van der Waals surface area (Å²) in [6.07, 6.45) is 4.78. The average Bonchev–Trinajstić information content (AvgIpc) is 2.82. The molecule has 1 saturated heterocycles. The van der Waals surface area contributed by atoms with Gasteiger partial charge < -0.3 is 9.47 Å². The molecule has 6 heteroatoms. The van der Waals surface area contributed by atoms with Gasteiger partial charge in [-0.05, 0) is 30.2 Å². The third-order valence-electron chi connectivity index (χ3n) is 3.59. The highest BCUT2D eigenvalue weighted by Crippen LogP contribution is 2.37. The topological polar surface area (TPSA) is 38.8 Å². The van der Waals surface area contributed by atoms with Crippen LogP contribution in [0.2, 0.25) is 0 Å². The van der Waals surface area contributed by atoms with Crippen molar-refractivity contribution in [3.8, 4) is 11.5 Å². The average molecular weight is 347 g/mol. The van der Waals surface area contributed by atoms with E-state index in [0.717, 1.165) is 23.3 Å². The fraction of sp³-hybridized carbons (Fsp3) is 0.294. The van der Waals surface area contributed by atoms with Crippen molar-refractivity contribution in [2.75, 3.05) is 20.3 Å². The summed E-state index contributed by atoms with van der Waals surface area (Å²) < 4.78 is 11.7. The predicted molar refractivity (Wildman–Crippen MR) is 96.7 cm³/mol. The number of amides is 1. The van der Waals surface area contributed by atoms with E-state index in [4.69, 9.17) is 21.7 Å². The van der Waals surface area contributed by atoms with Gasteiger partial charge >= 0.3 is 0 Å². The Morgan fingerprint density at radius 2 is 2.30 bits per heavy atom. The molecule has 0 bridgehead atoms. The Labute approximate surface area is 145 Å². The SMILES string of the molecule is CCCN1C(=O)C(=CC2=Cc3cccc(OC)c3OC2)SC1=S. The Balaban J connectivity index is 1.87. The largest absolute Gasteiger partial charge is 0.493 e. The second-order valence-electron chi connectivity index (χ2n) is 5.22. The van der Waals surface area contributed by atoms with Crippen LogP contribution in [0, 0.1) is 0 Å². The second-order valence-corrected chi connectivity index (χ2v) is 6.90. The Bertz CT molecular complexity index is 725. The molecule has 0 aliphatic carbocycles. The summed E-state index contributed by atoms with van der Waals surface area (Å²) in [6.45, 7) is 3.10. The molecular formula is C17H17NO3S2. The molecule has 23 heavy (non-hydrogen) atoms. The maximum absolute atomic E-state index is 12.4. The summed E-state index contributed by atoms with van der Waals surface area (Å²) in [4.78, 5) is 14.7. The molecular weight excluding hydrogens is 330 g/mol. The number of para-hydroxylation sites is 1. The van der Waals surface area contributed by atoms with Crippen molar-refractivity contribution in [1.29, 1.82) is 0 Å². The van der Waals surface area contributed by atoms with Gasteiger partial charge in [-0.25, -0.2) is 0 Å². The maximum atomic E-state index is 12.4. The number of nitrogens with zero attached hydrogens (tertiary/aromatic N) is 1. The number of hydrogen-bond acceptors (Lipinski definition) is 5. The van der Waals surface area contributed by atoms with Gasteiger partial charge in [0.2, 0.25) is 0 Å². The normalized spacial score (nSPS) is 18.8. The van der Waals surface area contributed by atoms with Gasteiger partial charge in [0.15, 0.2) is 11.5 Å². The Morgan fingerprint density at radius 3 is 3.04 bits per heavy atom. The van der Waals surface area contributed by atoms with Crippen LogP contribution in [0.3, 0.4) is 0 Å². The van der Waals surface area contributed by atoms with Crippen LogP contribution >= 0.6 is 24.0 Å². The molecule has 1 aromatic carbocycles. The van der Waals surface area contributed by atoms with Crippen LogP contribution in [0.1, 0.15) is 18.9 Å².